The van der Waals surface area contributed by atoms with Crippen LogP contribution in [0.2, 0.25) is 0 Å². The number of phenols is 3. The van der Waals surface area contributed by atoms with E-state index in [1.165, 1.54) is 24.3 Å². The van der Waals surface area contributed by atoms with Gasteiger partial charge in [0.15, 0.2) is 17.3 Å². The zero-order valence-electron chi connectivity index (χ0n) is 27.4. The molecule has 0 bridgehead atoms. The van der Waals surface area contributed by atoms with Crippen LogP contribution in [0.15, 0.2) is 39.5 Å². The number of ether oxygens (including phenoxy) is 4. The molecule has 0 saturated carbocycles. The Morgan fingerprint density at radius 2 is 1.09 bits per heavy atom. The molecule has 3 aliphatic heterocycles. The van der Waals surface area contributed by atoms with E-state index in [0.29, 0.717) is 0 Å². The van der Waals surface area contributed by atoms with Crippen molar-refractivity contribution in [2.45, 2.75) is 91.7 Å². The number of aliphatic hydroxyl groups is 11. The van der Waals surface area contributed by atoms with Gasteiger partial charge in [0.1, 0.15) is 114 Å². The molecule has 0 radical (unpaired) electrons. The molecule has 0 amide bonds. The minimum absolute atomic E-state index is 0.130. The van der Waals surface area contributed by atoms with Gasteiger partial charge in [0.05, 0.1) is 30.9 Å². The highest BCUT2D eigenvalue weighted by molar-refractivity contribution is 5.92. The summed E-state index contributed by atoms with van der Waals surface area (Å²) >= 11 is 0. The van der Waals surface area contributed by atoms with Gasteiger partial charge in [0, 0.05) is 11.6 Å². The molecule has 6 rings (SSSR count). The standard InChI is InChI=1S/C33H40O20/c34-6-13-19(38)24(43)28(47)32(51-13)18-23(42)17(22(41)16-11(37)5-12(50-30(16)18)9-1-3-10(36)4-2-9)31-27(46)25(44)21(40)15(52-31)8-49-33-29(48)26(45)20(39)14(7-35)53-33/h1-5,13-15,19-21,24-29,31-36,38-48H,6-8H2/t13-,14-,15+,19-,20-,21-,24+,25+,26+,27-,28-,29-,31+,32+,33-/m1/s1. The van der Waals surface area contributed by atoms with E-state index in [0.717, 1.165) is 6.07 Å². The lowest BCUT2D eigenvalue weighted by molar-refractivity contribution is -0.314. The molecular weight excluding hydrogens is 716 g/mol. The molecule has 20 heteroatoms. The highest BCUT2D eigenvalue weighted by Gasteiger charge is 2.51. The van der Waals surface area contributed by atoms with Gasteiger partial charge in [-0.25, -0.2) is 0 Å². The van der Waals surface area contributed by atoms with Crippen LogP contribution >= 0.6 is 0 Å². The van der Waals surface area contributed by atoms with Gasteiger partial charge in [-0.2, -0.15) is 0 Å². The summed E-state index contributed by atoms with van der Waals surface area (Å²) in [7, 11) is 0. The van der Waals surface area contributed by atoms with Crippen molar-refractivity contribution >= 4 is 11.0 Å². The van der Waals surface area contributed by atoms with Gasteiger partial charge in [-0.05, 0) is 24.3 Å². The van der Waals surface area contributed by atoms with Crippen LogP contribution in [0.1, 0.15) is 23.3 Å². The van der Waals surface area contributed by atoms with Crippen molar-refractivity contribution < 1.29 is 94.9 Å². The molecule has 20 nitrogen and oxygen atoms in total. The first kappa shape index (κ1) is 39.2. The van der Waals surface area contributed by atoms with Crippen molar-refractivity contribution in [2.75, 3.05) is 19.8 Å². The van der Waals surface area contributed by atoms with Gasteiger partial charge < -0.3 is 94.9 Å². The van der Waals surface area contributed by atoms with Crippen molar-refractivity contribution in [3.63, 3.8) is 0 Å². The maximum Gasteiger partial charge on any atom is 0.197 e. The van der Waals surface area contributed by atoms with Gasteiger partial charge >= 0.3 is 0 Å². The van der Waals surface area contributed by atoms with Crippen molar-refractivity contribution in [3.05, 3.63) is 51.7 Å². The predicted octanol–water partition coefficient (Wildman–Crippen LogP) is -4.57. The molecule has 0 unspecified atom stereocenters. The molecule has 53 heavy (non-hydrogen) atoms. The fourth-order valence-electron chi connectivity index (χ4n) is 6.77. The zero-order chi connectivity index (χ0) is 38.6. The van der Waals surface area contributed by atoms with Crippen LogP contribution in [-0.2, 0) is 18.9 Å². The monoisotopic (exact) mass is 756 g/mol. The van der Waals surface area contributed by atoms with Gasteiger partial charge in [0.25, 0.3) is 0 Å². The number of aromatic hydroxyl groups is 3. The Kier molecular flexibility index (Phi) is 11.3. The van der Waals surface area contributed by atoms with Crippen LogP contribution in [0.5, 0.6) is 17.2 Å². The molecule has 1 aromatic heterocycles. The van der Waals surface area contributed by atoms with Gasteiger partial charge in [-0.15, -0.1) is 0 Å². The second-order valence-corrected chi connectivity index (χ2v) is 13.1. The second kappa shape index (κ2) is 15.3. The molecule has 14 N–H and O–H groups in total. The summed E-state index contributed by atoms with van der Waals surface area (Å²) in [5.41, 5.74) is -2.85. The Labute approximate surface area is 297 Å². The summed E-state index contributed by atoms with van der Waals surface area (Å²) in [4.78, 5) is 13.7. The van der Waals surface area contributed by atoms with E-state index in [2.05, 4.69) is 0 Å². The Hall–Kier alpha value is -3.55. The Bertz CT molecular complexity index is 1810. The van der Waals surface area contributed by atoms with Gasteiger partial charge in [-0.3, -0.25) is 4.79 Å². The van der Waals surface area contributed by atoms with Crippen molar-refractivity contribution in [1.29, 1.82) is 0 Å². The number of benzene rings is 2. The molecule has 3 aliphatic rings. The topological polar surface area (TPSA) is 350 Å². The lowest BCUT2D eigenvalue weighted by atomic mass is 9.85. The maximum atomic E-state index is 13.7. The number of phenolic OH excluding ortho intramolecular Hbond substituents is 3. The third kappa shape index (κ3) is 6.86. The SMILES string of the molecule is O=c1cc(-c2ccc(O)cc2)oc2c([C@@H]3O[C@H](CO)[C@@H](O)[C@H](O)[C@H]3O)c(O)c([C@@H]3O[C@@H](CO[C@@H]4O[C@H](CO)[C@@H](O)[C@H](O)[C@H]4O)[C@@H](O)[C@H](O)[C@H]3O)c(O)c12. The molecule has 0 spiro atoms. The normalized spacial score (nSPS) is 37.9. The average molecular weight is 757 g/mol. The van der Waals surface area contributed by atoms with E-state index in [1.54, 1.807) is 0 Å². The first-order valence-electron chi connectivity index (χ1n) is 16.4. The van der Waals surface area contributed by atoms with E-state index in [9.17, 15) is 76.3 Å². The summed E-state index contributed by atoms with van der Waals surface area (Å²) in [6.07, 6.45) is -27.9. The minimum atomic E-state index is -2.17. The van der Waals surface area contributed by atoms with E-state index in [4.69, 9.17) is 23.4 Å². The summed E-state index contributed by atoms with van der Waals surface area (Å²) < 4.78 is 28.2. The summed E-state index contributed by atoms with van der Waals surface area (Å²) in [6.45, 7) is -2.49. The molecule has 15 atom stereocenters. The van der Waals surface area contributed by atoms with E-state index in [1.807, 2.05) is 0 Å². The van der Waals surface area contributed by atoms with Crippen molar-refractivity contribution in [2.24, 2.45) is 0 Å². The summed E-state index contributed by atoms with van der Waals surface area (Å²) in [6, 6.07) is 6.21. The maximum absolute atomic E-state index is 13.7. The number of aliphatic hydroxyl groups excluding tert-OH is 11. The Morgan fingerprint density at radius 1 is 0.585 bits per heavy atom. The lowest BCUT2D eigenvalue weighted by Gasteiger charge is -2.43. The smallest absolute Gasteiger partial charge is 0.197 e. The van der Waals surface area contributed by atoms with Gasteiger partial charge in [0.2, 0.25) is 0 Å². The third-order valence-electron chi connectivity index (χ3n) is 9.79. The third-order valence-corrected chi connectivity index (χ3v) is 9.79. The first-order chi connectivity index (χ1) is 25.1. The van der Waals surface area contributed by atoms with Crippen LogP contribution < -0.4 is 5.43 Å². The molecule has 292 valence electrons. The van der Waals surface area contributed by atoms with E-state index in [-0.39, 0.29) is 17.1 Å². The van der Waals surface area contributed by atoms with Crippen LogP contribution in [0.25, 0.3) is 22.3 Å². The van der Waals surface area contributed by atoms with Crippen LogP contribution in [0, 0.1) is 0 Å². The number of hydrogen-bond acceptors (Lipinski definition) is 20. The largest absolute Gasteiger partial charge is 0.508 e. The number of hydrogen-bond donors (Lipinski definition) is 14. The minimum Gasteiger partial charge on any atom is -0.508 e. The fraction of sp³-hybridized carbons (Fsp3) is 0.545. The molecule has 3 fully saturated rings. The van der Waals surface area contributed by atoms with Crippen LogP contribution in [0.4, 0.5) is 0 Å². The Morgan fingerprint density at radius 3 is 1.68 bits per heavy atom. The highest BCUT2D eigenvalue weighted by atomic mass is 16.7. The fourth-order valence-corrected chi connectivity index (χ4v) is 6.77. The molecule has 3 saturated heterocycles. The molecule has 4 heterocycles. The quantitative estimate of drug-likeness (QED) is 0.103. The van der Waals surface area contributed by atoms with Crippen LogP contribution in [0.3, 0.4) is 0 Å². The van der Waals surface area contributed by atoms with Crippen molar-refractivity contribution in [3.8, 4) is 28.6 Å². The number of fused-ring (bicyclic) bond motifs is 1. The molecule has 3 aromatic rings. The Balaban J connectivity index is 1.46. The molecular formula is C33H40O20. The zero-order valence-corrected chi connectivity index (χ0v) is 27.4. The summed E-state index contributed by atoms with van der Waals surface area (Å²) in [5, 5.41) is 147. The first-order valence-corrected chi connectivity index (χ1v) is 16.4. The summed E-state index contributed by atoms with van der Waals surface area (Å²) in [5.74, 6) is -2.48. The molecule has 0 aliphatic carbocycles. The van der Waals surface area contributed by atoms with E-state index < -0.39 is 151 Å². The highest BCUT2D eigenvalue weighted by Crippen LogP contribution is 2.51. The average Bonchev–Trinajstić information content (AvgIpc) is 3.13. The van der Waals surface area contributed by atoms with Gasteiger partial charge in [-0.1, -0.05) is 0 Å². The lowest BCUT2D eigenvalue weighted by Crippen LogP contribution is -2.60. The van der Waals surface area contributed by atoms with Crippen LogP contribution in [-0.4, -0.2) is 171 Å². The molecule has 2 aromatic carbocycles. The number of rotatable bonds is 8. The predicted molar refractivity (Wildman–Crippen MR) is 171 cm³/mol. The van der Waals surface area contributed by atoms with E-state index >= 15 is 0 Å². The van der Waals surface area contributed by atoms with Crippen molar-refractivity contribution in [1.82, 2.24) is 0 Å². The second-order valence-electron chi connectivity index (χ2n) is 13.1.